The van der Waals surface area contributed by atoms with Gasteiger partial charge in [-0.15, -0.1) is 0 Å². The molecule has 0 fully saturated rings. The molecule has 10 aromatic rings. The molecule has 8 aromatic carbocycles. The van der Waals surface area contributed by atoms with Crippen LogP contribution in [-0.2, 0) is 6.42 Å². The van der Waals surface area contributed by atoms with E-state index in [0.717, 1.165) is 6.42 Å². The Bertz CT molecular complexity index is 3070. The van der Waals surface area contributed by atoms with E-state index in [2.05, 4.69) is 209 Å². The lowest BCUT2D eigenvalue weighted by Gasteiger charge is -2.20. The summed E-state index contributed by atoms with van der Waals surface area (Å²) in [5.41, 5.74) is 15.0. The van der Waals surface area contributed by atoms with Crippen LogP contribution in [0.15, 0.2) is 194 Å². The van der Waals surface area contributed by atoms with Crippen molar-refractivity contribution in [3.05, 3.63) is 211 Å². The van der Waals surface area contributed by atoms with Crippen LogP contribution in [0.1, 0.15) is 22.7 Å². The van der Waals surface area contributed by atoms with Crippen molar-refractivity contribution in [3.8, 4) is 33.6 Å². The Morgan fingerprint density at radius 2 is 1.06 bits per heavy atom. The van der Waals surface area contributed by atoms with Crippen LogP contribution in [0.2, 0.25) is 0 Å². The maximum atomic E-state index is 2.48. The van der Waals surface area contributed by atoms with Gasteiger partial charge in [-0.05, 0) is 111 Å². The molecule has 54 heavy (non-hydrogen) atoms. The van der Waals surface area contributed by atoms with Crippen LogP contribution in [0.4, 0.5) is 0 Å². The Morgan fingerprint density at radius 3 is 1.94 bits per heavy atom. The molecular weight excluding hydrogens is 653 g/mol. The molecule has 0 radical (unpaired) electrons. The van der Waals surface area contributed by atoms with Gasteiger partial charge in [-0.25, -0.2) is 0 Å². The van der Waals surface area contributed by atoms with Gasteiger partial charge >= 0.3 is 0 Å². The van der Waals surface area contributed by atoms with Gasteiger partial charge in [0.1, 0.15) is 0 Å². The van der Waals surface area contributed by atoms with Gasteiger partial charge in [0.15, 0.2) is 0 Å². The molecule has 1 atom stereocenters. The predicted molar refractivity (Wildman–Crippen MR) is 228 cm³/mol. The summed E-state index contributed by atoms with van der Waals surface area (Å²) in [4.78, 5) is 0. The van der Waals surface area contributed by atoms with Crippen LogP contribution >= 0.6 is 0 Å². The first kappa shape index (κ1) is 30.7. The summed E-state index contributed by atoms with van der Waals surface area (Å²) in [5, 5.41) is 6.41. The Hall–Kier alpha value is -6.90. The normalized spacial score (nSPS) is 14.0. The molecule has 11 rings (SSSR count). The number of hydrogen-bond acceptors (Lipinski definition) is 0. The highest BCUT2D eigenvalue weighted by Crippen LogP contribution is 2.42. The SMILES string of the molecule is C1=CC(c2ccc3c4ccccc4n(-c4ccccc4)c3c2)Cc2c1n(-c1cccc(-c3ccccc3)c1)c1ccc(-c3ccc4ccccc4c3)cc21. The molecule has 0 N–H and O–H groups in total. The molecule has 0 saturated carbocycles. The summed E-state index contributed by atoms with van der Waals surface area (Å²) in [6, 6.07) is 68.9. The summed E-state index contributed by atoms with van der Waals surface area (Å²) < 4.78 is 4.90. The Labute approximate surface area is 314 Å². The summed E-state index contributed by atoms with van der Waals surface area (Å²) in [6.07, 6.45) is 5.73. The van der Waals surface area contributed by atoms with Crippen molar-refractivity contribution in [2.45, 2.75) is 12.3 Å². The van der Waals surface area contributed by atoms with Crippen molar-refractivity contribution in [3.63, 3.8) is 0 Å². The van der Waals surface area contributed by atoms with E-state index in [1.807, 2.05) is 0 Å². The first-order chi connectivity index (χ1) is 26.8. The first-order valence-electron chi connectivity index (χ1n) is 18.9. The fraction of sp³-hybridized carbons (Fsp3) is 0.0385. The number of rotatable bonds is 5. The molecule has 2 heterocycles. The third-order valence-corrected chi connectivity index (χ3v) is 11.5. The van der Waals surface area contributed by atoms with Crippen molar-refractivity contribution < 1.29 is 0 Å². The summed E-state index contributed by atoms with van der Waals surface area (Å²) in [7, 11) is 0. The number of hydrogen-bond donors (Lipinski definition) is 0. The van der Waals surface area contributed by atoms with Crippen molar-refractivity contribution >= 4 is 49.6 Å². The van der Waals surface area contributed by atoms with Crippen molar-refractivity contribution in [2.75, 3.05) is 0 Å². The van der Waals surface area contributed by atoms with Gasteiger partial charge in [0.05, 0.1) is 16.6 Å². The maximum absolute atomic E-state index is 2.48. The lowest BCUT2D eigenvalue weighted by Crippen LogP contribution is -2.07. The maximum Gasteiger partial charge on any atom is 0.0544 e. The van der Waals surface area contributed by atoms with E-state index in [9.17, 15) is 0 Å². The summed E-state index contributed by atoms with van der Waals surface area (Å²) in [5.74, 6) is 0.239. The molecule has 0 bridgehead atoms. The fourth-order valence-corrected chi connectivity index (χ4v) is 8.84. The smallest absolute Gasteiger partial charge is 0.0544 e. The fourth-order valence-electron chi connectivity index (χ4n) is 8.84. The zero-order valence-corrected chi connectivity index (χ0v) is 29.7. The second kappa shape index (κ2) is 12.4. The molecular formula is C52H36N2. The van der Waals surface area contributed by atoms with Crippen LogP contribution in [-0.4, -0.2) is 9.13 Å². The van der Waals surface area contributed by atoms with Gasteiger partial charge in [-0.2, -0.15) is 0 Å². The second-order valence-corrected chi connectivity index (χ2v) is 14.5. The van der Waals surface area contributed by atoms with Gasteiger partial charge < -0.3 is 9.13 Å². The summed E-state index contributed by atoms with van der Waals surface area (Å²) >= 11 is 0. The minimum absolute atomic E-state index is 0.239. The van der Waals surface area contributed by atoms with Crippen LogP contribution < -0.4 is 0 Å². The monoisotopic (exact) mass is 688 g/mol. The standard InChI is InChI=1S/C52H36N2/c1-3-12-35(13-4-1)38-16-11-19-44(31-38)54-50-28-25-40(39-23-22-36-14-7-8-15-37(36)30-39)32-47(50)48-33-41(26-29-51(48)54)42-24-27-46-45-20-9-10-21-49(45)53(52(46)34-42)43-17-5-2-6-18-43/h1-32,34,41H,33H2. The molecule has 254 valence electrons. The minimum Gasteiger partial charge on any atom is -0.310 e. The highest BCUT2D eigenvalue weighted by Gasteiger charge is 2.25. The largest absolute Gasteiger partial charge is 0.310 e. The number of allylic oxidation sites excluding steroid dienone is 1. The number of fused-ring (bicyclic) bond motifs is 7. The van der Waals surface area contributed by atoms with Crippen LogP contribution in [0.25, 0.3) is 83.2 Å². The van der Waals surface area contributed by atoms with E-state index in [0.29, 0.717) is 0 Å². The van der Waals surface area contributed by atoms with Gasteiger partial charge in [-0.3, -0.25) is 0 Å². The van der Waals surface area contributed by atoms with Crippen molar-refractivity contribution in [1.82, 2.24) is 9.13 Å². The Balaban J connectivity index is 1.08. The van der Waals surface area contributed by atoms with Gasteiger partial charge in [0.2, 0.25) is 0 Å². The summed E-state index contributed by atoms with van der Waals surface area (Å²) in [6.45, 7) is 0. The zero-order chi connectivity index (χ0) is 35.6. The average Bonchev–Trinajstić information content (AvgIpc) is 3.76. The van der Waals surface area contributed by atoms with Crippen LogP contribution in [0, 0.1) is 0 Å². The lowest BCUT2D eigenvalue weighted by atomic mass is 9.86. The van der Waals surface area contributed by atoms with E-state index >= 15 is 0 Å². The Kier molecular flexibility index (Phi) is 7.03. The van der Waals surface area contributed by atoms with E-state index in [1.165, 1.54) is 93.9 Å². The molecule has 1 aliphatic carbocycles. The quantitative estimate of drug-likeness (QED) is 0.170. The number of benzene rings is 8. The van der Waals surface area contributed by atoms with Gasteiger partial charge in [-0.1, -0.05) is 140 Å². The molecule has 2 aromatic heterocycles. The topological polar surface area (TPSA) is 9.86 Å². The zero-order valence-electron chi connectivity index (χ0n) is 29.7. The number of nitrogens with zero attached hydrogens (tertiary/aromatic N) is 2. The van der Waals surface area contributed by atoms with Crippen molar-refractivity contribution in [2.24, 2.45) is 0 Å². The molecule has 1 aliphatic rings. The third-order valence-electron chi connectivity index (χ3n) is 11.5. The number of para-hydroxylation sites is 2. The van der Waals surface area contributed by atoms with Crippen molar-refractivity contribution in [1.29, 1.82) is 0 Å². The van der Waals surface area contributed by atoms with Gasteiger partial charge in [0.25, 0.3) is 0 Å². The highest BCUT2D eigenvalue weighted by atomic mass is 15.0. The molecule has 2 heteroatoms. The minimum atomic E-state index is 0.239. The molecule has 2 nitrogen and oxygen atoms in total. The third kappa shape index (κ3) is 4.95. The molecule has 0 amide bonds. The number of aromatic nitrogens is 2. The highest BCUT2D eigenvalue weighted by molar-refractivity contribution is 6.09. The average molecular weight is 689 g/mol. The molecule has 1 unspecified atom stereocenters. The first-order valence-corrected chi connectivity index (χ1v) is 18.9. The molecule has 0 spiro atoms. The second-order valence-electron chi connectivity index (χ2n) is 14.5. The van der Waals surface area contributed by atoms with Crippen LogP contribution in [0.3, 0.4) is 0 Å². The van der Waals surface area contributed by atoms with E-state index in [4.69, 9.17) is 0 Å². The van der Waals surface area contributed by atoms with E-state index in [1.54, 1.807) is 0 Å². The van der Waals surface area contributed by atoms with E-state index in [-0.39, 0.29) is 5.92 Å². The predicted octanol–water partition coefficient (Wildman–Crippen LogP) is 13.6. The molecule has 0 aliphatic heterocycles. The van der Waals surface area contributed by atoms with Crippen LogP contribution in [0.5, 0.6) is 0 Å². The Morgan fingerprint density at radius 1 is 0.389 bits per heavy atom. The van der Waals surface area contributed by atoms with E-state index < -0.39 is 0 Å². The lowest BCUT2D eigenvalue weighted by molar-refractivity contribution is 0.826. The molecule has 0 saturated heterocycles. The van der Waals surface area contributed by atoms with Gasteiger partial charge in [0, 0.05) is 39.1 Å².